The third kappa shape index (κ3) is 4.31. The van der Waals surface area contributed by atoms with Crippen LogP contribution in [0, 0.1) is 0 Å². The molecule has 96 valence electrons. The second-order valence-electron chi connectivity index (χ2n) is 5.29. The van der Waals surface area contributed by atoms with Gasteiger partial charge in [-0.25, -0.2) is 0 Å². The van der Waals surface area contributed by atoms with Gasteiger partial charge in [-0.05, 0) is 47.9 Å². The van der Waals surface area contributed by atoms with E-state index in [9.17, 15) is 0 Å². The van der Waals surface area contributed by atoms with Crippen LogP contribution >= 0.6 is 10.0 Å². The molecule has 0 aliphatic carbocycles. The van der Waals surface area contributed by atoms with Crippen molar-refractivity contribution in [1.82, 2.24) is 0 Å². The Morgan fingerprint density at radius 1 is 1.29 bits per heavy atom. The molecule has 0 aliphatic heterocycles. The number of rotatable bonds is 6. The van der Waals surface area contributed by atoms with Gasteiger partial charge in [-0.3, -0.25) is 10.0 Å². The molecule has 0 saturated heterocycles. The van der Waals surface area contributed by atoms with Crippen LogP contribution in [-0.4, -0.2) is 38.4 Å². The van der Waals surface area contributed by atoms with Crippen molar-refractivity contribution >= 4 is 17.9 Å². The summed E-state index contributed by atoms with van der Waals surface area (Å²) < 4.78 is 5.38. The highest BCUT2D eigenvalue weighted by Crippen LogP contribution is 2.44. The van der Waals surface area contributed by atoms with Crippen molar-refractivity contribution in [1.29, 1.82) is 0 Å². The fourth-order valence-corrected chi connectivity index (χ4v) is 3.14. The molecular weight excluding hydrogens is 227 g/mol. The van der Waals surface area contributed by atoms with Crippen LogP contribution in [-0.2, 0) is 6.42 Å². The molecule has 1 unspecified atom stereocenters. The zero-order valence-electron chi connectivity index (χ0n) is 11.8. The summed E-state index contributed by atoms with van der Waals surface area (Å²) in [6.45, 7) is 2.35. The Morgan fingerprint density at radius 3 is 2.53 bits per heavy atom. The van der Waals surface area contributed by atoms with Crippen LogP contribution in [0.4, 0.5) is 0 Å². The van der Waals surface area contributed by atoms with Gasteiger partial charge in [-0.15, -0.1) is 0 Å². The lowest BCUT2D eigenvalue weighted by molar-refractivity contribution is 0.409. The van der Waals surface area contributed by atoms with E-state index in [0.717, 1.165) is 17.3 Å². The molecule has 0 bridgehead atoms. The van der Waals surface area contributed by atoms with Crippen LogP contribution in [0.25, 0.3) is 0 Å². The van der Waals surface area contributed by atoms with Gasteiger partial charge in [0.1, 0.15) is 13.6 Å². The average Bonchev–Trinajstić information content (AvgIpc) is 2.29. The molecule has 0 amide bonds. The highest BCUT2D eigenvalue weighted by atomic mass is 32.3. The number of aryl methyl sites for hydroxylation is 1. The third-order valence-electron chi connectivity index (χ3n) is 3.59. The molecule has 0 saturated carbocycles. The fraction of sp³-hybridized carbons (Fsp3) is 0.571. The summed E-state index contributed by atoms with van der Waals surface area (Å²) >= 11 is 0. The molecule has 0 aliphatic rings. The number of methoxy groups -OCH3 is 1. The van der Waals surface area contributed by atoms with Crippen LogP contribution in [0.3, 0.4) is 0 Å². The van der Waals surface area contributed by atoms with Crippen molar-refractivity contribution in [3.05, 3.63) is 29.8 Å². The van der Waals surface area contributed by atoms with E-state index in [-0.39, 0.29) is 0 Å². The molecule has 1 aromatic rings. The Labute approximate surface area is 109 Å². The molecule has 1 aromatic carbocycles. The first-order chi connectivity index (χ1) is 7.97. The first kappa shape index (κ1) is 14.5. The molecule has 1 nitrogen and oxygen atoms in total. The van der Waals surface area contributed by atoms with Crippen molar-refractivity contribution in [2.24, 2.45) is 0 Å². The molecular formula is C14H25BOS. The minimum Gasteiger partial charge on any atom is -0.496 e. The lowest BCUT2D eigenvalue weighted by atomic mass is 10.1. The van der Waals surface area contributed by atoms with Crippen LogP contribution in [0.1, 0.15) is 18.9 Å². The summed E-state index contributed by atoms with van der Waals surface area (Å²) in [5.74, 6) is 2.38. The molecule has 0 spiro atoms. The largest absolute Gasteiger partial charge is 0.496 e. The summed E-state index contributed by atoms with van der Waals surface area (Å²) in [6.07, 6.45) is 7.29. The predicted molar refractivity (Wildman–Crippen MR) is 83.6 cm³/mol. The Morgan fingerprint density at radius 2 is 1.94 bits per heavy atom. The van der Waals surface area contributed by atoms with Gasteiger partial charge in [-0.1, -0.05) is 25.1 Å². The number of ether oxygens (including phenoxy) is 1. The first-order valence-electron chi connectivity index (χ1n) is 6.29. The summed E-state index contributed by atoms with van der Waals surface area (Å²) in [7, 11) is 3.67. The predicted octanol–water partition coefficient (Wildman–Crippen LogP) is 2.67. The van der Waals surface area contributed by atoms with E-state index in [1.165, 1.54) is 17.7 Å². The lowest BCUT2D eigenvalue weighted by Gasteiger charge is -2.36. The molecule has 0 N–H and O–H groups in total. The van der Waals surface area contributed by atoms with E-state index in [4.69, 9.17) is 4.74 Å². The van der Waals surface area contributed by atoms with Crippen molar-refractivity contribution in [2.45, 2.75) is 24.9 Å². The van der Waals surface area contributed by atoms with E-state index in [0.29, 0.717) is 0 Å². The second kappa shape index (κ2) is 6.39. The minimum absolute atomic E-state index is 0.429. The normalized spacial score (nSPS) is 14.4. The van der Waals surface area contributed by atoms with Gasteiger partial charge in [0.2, 0.25) is 0 Å². The molecule has 0 fully saturated rings. The molecule has 0 radical (unpaired) electrons. The van der Waals surface area contributed by atoms with Crippen molar-refractivity contribution in [3.8, 4) is 5.75 Å². The molecule has 1 atom stereocenters. The average molecular weight is 252 g/mol. The van der Waals surface area contributed by atoms with Crippen molar-refractivity contribution in [3.63, 3.8) is 0 Å². The SMILES string of the molecule is BC(C)S(C)(C)CCCc1ccccc1OC. The van der Waals surface area contributed by atoms with Gasteiger partial charge in [0.25, 0.3) is 0 Å². The van der Waals surface area contributed by atoms with Crippen LogP contribution in [0.15, 0.2) is 24.3 Å². The minimum atomic E-state index is -0.429. The Kier molecular flexibility index (Phi) is 5.45. The zero-order chi connectivity index (χ0) is 12.9. The summed E-state index contributed by atoms with van der Waals surface area (Å²) in [5.41, 5.74) is 1.34. The molecule has 17 heavy (non-hydrogen) atoms. The quantitative estimate of drug-likeness (QED) is 0.707. The highest BCUT2D eigenvalue weighted by molar-refractivity contribution is 8.33. The molecule has 0 heterocycles. The highest BCUT2D eigenvalue weighted by Gasteiger charge is 2.15. The van der Waals surface area contributed by atoms with Crippen molar-refractivity contribution < 1.29 is 4.74 Å². The van der Waals surface area contributed by atoms with Crippen LogP contribution in [0.2, 0.25) is 0 Å². The number of hydrogen-bond donors (Lipinski definition) is 0. The first-order valence-corrected chi connectivity index (χ1v) is 8.97. The summed E-state index contributed by atoms with van der Waals surface area (Å²) in [5, 5.41) is 0.820. The Hall–Kier alpha value is -0.565. The Balaban J connectivity index is 2.51. The van der Waals surface area contributed by atoms with Crippen molar-refractivity contribution in [2.75, 3.05) is 25.4 Å². The monoisotopic (exact) mass is 252 g/mol. The van der Waals surface area contributed by atoms with Gasteiger partial charge in [0.05, 0.1) is 7.11 Å². The number of para-hydroxylation sites is 1. The van der Waals surface area contributed by atoms with Gasteiger partial charge in [-0.2, -0.15) is 0 Å². The van der Waals surface area contributed by atoms with Gasteiger partial charge >= 0.3 is 0 Å². The van der Waals surface area contributed by atoms with E-state index >= 15 is 0 Å². The lowest BCUT2D eigenvalue weighted by Crippen LogP contribution is -2.16. The van der Waals surface area contributed by atoms with E-state index in [1.807, 2.05) is 6.07 Å². The number of benzene rings is 1. The second-order valence-corrected chi connectivity index (χ2v) is 9.89. The molecule has 3 heteroatoms. The van der Waals surface area contributed by atoms with E-state index in [1.54, 1.807) is 7.11 Å². The number of hydrogen-bond acceptors (Lipinski definition) is 1. The fourth-order valence-electron chi connectivity index (χ4n) is 1.78. The molecule has 0 aromatic heterocycles. The van der Waals surface area contributed by atoms with Gasteiger partial charge in [0, 0.05) is 0 Å². The van der Waals surface area contributed by atoms with Crippen LogP contribution in [0.5, 0.6) is 5.75 Å². The zero-order valence-corrected chi connectivity index (χ0v) is 12.6. The summed E-state index contributed by atoms with van der Waals surface area (Å²) in [6, 6.07) is 8.36. The van der Waals surface area contributed by atoms with E-state index < -0.39 is 10.0 Å². The van der Waals surface area contributed by atoms with Gasteiger partial charge in [0.15, 0.2) is 0 Å². The Bertz CT molecular complexity index is 350. The standard InChI is InChI=1S/C14H25BOS/c1-12(15)17(3,4)11-7-9-13-8-5-6-10-14(13)16-2/h5-6,8,10,12H,7,9,11,15H2,1-4H3. The van der Waals surface area contributed by atoms with E-state index in [2.05, 4.69) is 45.5 Å². The summed E-state index contributed by atoms with van der Waals surface area (Å²) in [4.78, 5) is 0. The smallest absolute Gasteiger partial charge is 0.122 e. The molecule has 1 rings (SSSR count). The van der Waals surface area contributed by atoms with Crippen LogP contribution < -0.4 is 4.74 Å². The maximum absolute atomic E-state index is 5.38. The van der Waals surface area contributed by atoms with Gasteiger partial charge < -0.3 is 4.74 Å². The topological polar surface area (TPSA) is 9.23 Å². The maximum atomic E-state index is 5.38. The maximum Gasteiger partial charge on any atom is 0.122 e. The third-order valence-corrected chi connectivity index (χ3v) is 7.48.